The van der Waals surface area contributed by atoms with Crippen molar-refractivity contribution < 1.29 is 23.8 Å². The first-order chi connectivity index (χ1) is 22.1. The number of anilines is 1. The van der Waals surface area contributed by atoms with Crippen molar-refractivity contribution in [3.8, 4) is 11.5 Å². The van der Waals surface area contributed by atoms with E-state index in [0.717, 1.165) is 27.9 Å². The number of esters is 1. The van der Waals surface area contributed by atoms with Crippen molar-refractivity contribution in [1.29, 1.82) is 0 Å². The van der Waals surface area contributed by atoms with Crippen LogP contribution < -0.4 is 14.4 Å². The smallest absolute Gasteiger partial charge is 0.307 e. The number of para-hydroxylation sites is 1. The third kappa shape index (κ3) is 5.67. The van der Waals surface area contributed by atoms with E-state index in [4.69, 9.17) is 14.2 Å². The van der Waals surface area contributed by atoms with Gasteiger partial charge in [0.25, 0.3) is 0 Å². The fourth-order valence-corrected chi connectivity index (χ4v) is 6.28. The van der Waals surface area contributed by atoms with Gasteiger partial charge in [-0.2, -0.15) is 0 Å². The van der Waals surface area contributed by atoms with Crippen LogP contribution in [0, 0.1) is 0 Å². The van der Waals surface area contributed by atoms with Gasteiger partial charge in [0.05, 0.1) is 26.2 Å². The van der Waals surface area contributed by atoms with Gasteiger partial charge in [-0.1, -0.05) is 115 Å². The molecule has 0 saturated carbocycles. The molecule has 0 N–H and O–H groups in total. The van der Waals surface area contributed by atoms with E-state index in [1.165, 1.54) is 0 Å². The Morgan fingerprint density at radius 2 is 1.36 bits per heavy atom. The summed E-state index contributed by atoms with van der Waals surface area (Å²) in [6.07, 6.45) is -0.197. The fraction of sp³-hybridized carbons (Fsp3) is 0.179. The first kappa shape index (κ1) is 29.7. The molecule has 6 rings (SSSR count). The summed E-state index contributed by atoms with van der Waals surface area (Å²) in [5, 5.41) is 0. The van der Waals surface area contributed by atoms with Gasteiger partial charge in [0.15, 0.2) is 0 Å². The van der Waals surface area contributed by atoms with Gasteiger partial charge >= 0.3 is 5.97 Å². The van der Waals surface area contributed by atoms with Gasteiger partial charge in [0.1, 0.15) is 23.5 Å². The van der Waals surface area contributed by atoms with E-state index in [1.54, 1.807) is 20.1 Å². The molecule has 0 aliphatic carbocycles. The molecule has 5 aromatic carbocycles. The molecule has 5 aromatic rings. The predicted molar refractivity (Wildman–Crippen MR) is 174 cm³/mol. The molecular formula is C39H35NO5. The summed E-state index contributed by atoms with van der Waals surface area (Å²) < 4.78 is 17.6. The fourth-order valence-electron chi connectivity index (χ4n) is 6.28. The van der Waals surface area contributed by atoms with Gasteiger partial charge in [0.2, 0.25) is 5.91 Å². The molecule has 0 radical (unpaired) electrons. The molecule has 6 nitrogen and oxygen atoms in total. The Bertz CT molecular complexity index is 1730. The second-order valence-corrected chi connectivity index (χ2v) is 10.9. The number of benzene rings is 5. The lowest BCUT2D eigenvalue weighted by atomic mass is 9.72. The second-order valence-electron chi connectivity index (χ2n) is 10.9. The lowest BCUT2D eigenvalue weighted by Gasteiger charge is -2.34. The number of rotatable bonds is 11. The monoisotopic (exact) mass is 597 g/mol. The van der Waals surface area contributed by atoms with Crippen LogP contribution in [0.3, 0.4) is 0 Å². The number of carbonyl (C=O) groups is 2. The molecule has 1 unspecified atom stereocenters. The van der Waals surface area contributed by atoms with Crippen molar-refractivity contribution in [2.75, 3.05) is 18.6 Å². The van der Waals surface area contributed by atoms with Crippen LogP contribution in [0.5, 0.6) is 11.5 Å². The van der Waals surface area contributed by atoms with Crippen molar-refractivity contribution in [3.63, 3.8) is 0 Å². The minimum atomic E-state index is -1.43. The largest absolute Gasteiger partial charge is 0.497 e. The van der Waals surface area contributed by atoms with Crippen LogP contribution in [-0.2, 0) is 26.3 Å². The van der Waals surface area contributed by atoms with Crippen LogP contribution >= 0.6 is 0 Å². The van der Waals surface area contributed by atoms with E-state index in [-0.39, 0.29) is 25.5 Å². The lowest BCUT2D eigenvalue weighted by molar-refractivity contribution is -0.146. The normalized spacial score (nSPS) is 15.5. The summed E-state index contributed by atoms with van der Waals surface area (Å²) in [4.78, 5) is 30.8. The number of hydrogen-bond acceptors (Lipinski definition) is 5. The molecule has 0 spiro atoms. The first-order valence-corrected chi connectivity index (χ1v) is 15.1. The molecule has 0 fully saturated rings. The number of hydrogen-bond donors (Lipinski definition) is 0. The number of amides is 1. The zero-order chi connectivity index (χ0) is 31.2. The standard InChI is InChI=1S/C39H35NO5/c1-3-44-36(41)26-39(33-24-23-31(43-2)25-35(33)45-27-28-15-7-4-8-16-28)32-21-13-14-22-34(32)40(38(39)42)37(29-17-9-5-10-18-29)30-19-11-6-12-20-30/h4-25,37H,3,26-27H2,1-2H3. The maximum absolute atomic E-state index is 15.4. The van der Waals surface area contributed by atoms with Crippen LogP contribution in [-0.4, -0.2) is 25.6 Å². The minimum absolute atomic E-state index is 0.197. The van der Waals surface area contributed by atoms with Crippen LogP contribution in [0.4, 0.5) is 5.69 Å². The van der Waals surface area contributed by atoms with Crippen molar-refractivity contribution in [2.45, 2.75) is 31.4 Å². The quantitative estimate of drug-likeness (QED) is 0.146. The lowest BCUT2D eigenvalue weighted by Crippen LogP contribution is -2.45. The summed E-state index contributed by atoms with van der Waals surface area (Å²) in [5.74, 6) is 0.339. The van der Waals surface area contributed by atoms with Crippen molar-refractivity contribution >= 4 is 17.6 Å². The number of methoxy groups -OCH3 is 1. The van der Waals surface area contributed by atoms with E-state index in [1.807, 2.05) is 132 Å². The molecule has 1 aliphatic rings. The maximum Gasteiger partial charge on any atom is 0.307 e. The van der Waals surface area contributed by atoms with Gasteiger partial charge in [-0.25, -0.2) is 0 Å². The molecule has 1 heterocycles. The Morgan fingerprint density at radius 3 is 1.98 bits per heavy atom. The molecule has 0 bridgehead atoms. The van der Waals surface area contributed by atoms with Gasteiger partial charge in [0, 0.05) is 17.3 Å². The molecule has 0 saturated heterocycles. The Balaban J connectivity index is 1.58. The van der Waals surface area contributed by atoms with E-state index in [2.05, 4.69) is 0 Å². The van der Waals surface area contributed by atoms with Crippen molar-refractivity contribution in [3.05, 3.63) is 161 Å². The highest BCUT2D eigenvalue weighted by Crippen LogP contribution is 2.54. The zero-order valence-corrected chi connectivity index (χ0v) is 25.4. The number of carbonyl (C=O) groups excluding carboxylic acids is 2. The molecular weight excluding hydrogens is 562 g/mol. The van der Waals surface area contributed by atoms with Crippen molar-refractivity contribution in [1.82, 2.24) is 0 Å². The van der Waals surface area contributed by atoms with Crippen LogP contribution in [0.15, 0.2) is 133 Å². The number of nitrogens with zero attached hydrogens (tertiary/aromatic N) is 1. The van der Waals surface area contributed by atoms with E-state index < -0.39 is 17.4 Å². The second kappa shape index (κ2) is 13.1. The van der Waals surface area contributed by atoms with Crippen LogP contribution in [0.1, 0.15) is 47.2 Å². The summed E-state index contributed by atoms with van der Waals surface area (Å²) in [7, 11) is 1.59. The van der Waals surface area contributed by atoms with Crippen molar-refractivity contribution in [2.24, 2.45) is 0 Å². The minimum Gasteiger partial charge on any atom is -0.497 e. The highest BCUT2D eigenvalue weighted by atomic mass is 16.5. The van der Waals surface area contributed by atoms with E-state index in [9.17, 15) is 4.79 Å². The first-order valence-electron chi connectivity index (χ1n) is 15.1. The maximum atomic E-state index is 15.4. The Labute approximate surface area is 263 Å². The highest BCUT2D eigenvalue weighted by molar-refractivity contribution is 6.13. The van der Waals surface area contributed by atoms with E-state index >= 15 is 4.79 Å². The van der Waals surface area contributed by atoms with Crippen LogP contribution in [0.2, 0.25) is 0 Å². The number of ether oxygens (including phenoxy) is 3. The third-order valence-corrected chi connectivity index (χ3v) is 8.30. The topological polar surface area (TPSA) is 65.1 Å². The van der Waals surface area contributed by atoms with Gasteiger partial charge in [-0.05, 0) is 41.3 Å². The zero-order valence-electron chi connectivity index (χ0n) is 25.4. The predicted octanol–water partition coefficient (Wildman–Crippen LogP) is 7.65. The Kier molecular flexibility index (Phi) is 8.65. The van der Waals surface area contributed by atoms with E-state index in [0.29, 0.717) is 17.1 Å². The molecule has 1 atom stereocenters. The molecule has 0 aromatic heterocycles. The average molecular weight is 598 g/mol. The highest BCUT2D eigenvalue weighted by Gasteiger charge is 2.56. The molecule has 45 heavy (non-hydrogen) atoms. The summed E-state index contributed by atoms with van der Waals surface area (Å²) in [5.41, 5.74) is 3.47. The van der Waals surface area contributed by atoms with Gasteiger partial charge < -0.3 is 14.2 Å². The average Bonchev–Trinajstić information content (AvgIpc) is 3.32. The summed E-state index contributed by atoms with van der Waals surface area (Å²) >= 11 is 0. The summed E-state index contributed by atoms with van der Waals surface area (Å²) in [6, 6.07) is 42.5. The van der Waals surface area contributed by atoms with Gasteiger partial charge in [-0.15, -0.1) is 0 Å². The SMILES string of the molecule is CCOC(=O)CC1(c2ccc(OC)cc2OCc2ccccc2)C(=O)N(C(c2ccccc2)c2ccccc2)c2ccccc21. The number of fused-ring (bicyclic) bond motifs is 1. The Morgan fingerprint density at radius 1 is 0.756 bits per heavy atom. The molecule has 6 heteroatoms. The Hall–Kier alpha value is -5.36. The molecule has 226 valence electrons. The molecule has 1 aliphatic heterocycles. The van der Waals surface area contributed by atoms with Gasteiger partial charge in [-0.3, -0.25) is 14.5 Å². The van der Waals surface area contributed by atoms with Crippen LogP contribution in [0.25, 0.3) is 0 Å². The molecule has 1 amide bonds. The summed E-state index contributed by atoms with van der Waals surface area (Å²) in [6.45, 7) is 2.24. The third-order valence-electron chi connectivity index (χ3n) is 8.30.